The fourth-order valence-corrected chi connectivity index (χ4v) is 8.00. The Morgan fingerprint density at radius 3 is 2.66 bits per heavy atom. The lowest BCUT2D eigenvalue weighted by Crippen LogP contribution is -2.38. The second-order valence-electron chi connectivity index (χ2n) is 7.79. The van der Waals surface area contributed by atoms with Crippen LogP contribution in [0.1, 0.15) is 16.7 Å². The molecule has 2 aliphatic heterocycles. The standard InChI is InChI=1S/C21H18ClF3N2O3S2/c1-12-3-2-4-13(7-12)8-19(28)26-20-27(17-10-32(29,30)11-18(17)31-20)16-9-14(21(23,24)25)5-6-15(16)22/h2-7,9,17-18H,8,10-11H2,1H3/t17-,18-/m0/s1. The van der Waals surface area contributed by atoms with E-state index in [1.807, 2.05) is 25.1 Å². The van der Waals surface area contributed by atoms with Crippen molar-refractivity contribution in [1.82, 2.24) is 0 Å². The van der Waals surface area contributed by atoms with Crippen LogP contribution in [0, 0.1) is 6.92 Å². The number of anilines is 1. The van der Waals surface area contributed by atoms with Crippen LogP contribution in [0.2, 0.25) is 5.02 Å². The Balaban J connectivity index is 1.72. The molecule has 0 unspecified atom stereocenters. The minimum Gasteiger partial charge on any atom is -0.314 e. The average Bonchev–Trinajstić information content (AvgIpc) is 3.12. The molecule has 170 valence electrons. The lowest BCUT2D eigenvalue weighted by molar-refractivity contribution is -0.137. The van der Waals surface area contributed by atoms with E-state index < -0.39 is 38.8 Å². The summed E-state index contributed by atoms with van der Waals surface area (Å²) in [4.78, 5) is 18.2. The molecule has 2 aliphatic rings. The van der Waals surface area contributed by atoms with Crippen LogP contribution in [0.15, 0.2) is 47.5 Å². The summed E-state index contributed by atoms with van der Waals surface area (Å²) in [6.45, 7) is 1.89. The Kier molecular flexibility index (Phi) is 6.06. The molecule has 2 aromatic carbocycles. The van der Waals surface area contributed by atoms with Gasteiger partial charge in [-0.3, -0.25) is 4.79 Å². The molecular formula is C21H18ClF3N2O3S2. The van der Waals surface area contributed by atoms with Crippen LogP contribution in [-0.2, 0) is 27.2 Å². The molecule has 0 saturated carbocycles. The van der Waals surface area contributed by atoms with Gasteiger partial charge in [-0.1, -0.05) is 53.2 Å². The monoisotopic (exact) mass is 502 g/mol. The highest BCUT2D eigenvalue weighted by Gasteiger charge is 2.50. The first-order valence-corrected chi connectivity index (χ1v) is 12.7. The van der Waals surface area contributed by atoms with Gasteiger partial charge in [0.05, 0.1) is 40.2 Å². The Morgan fingerprint density at radius 1 is 1.22 bits per heavy atom. The number of thioether (sulfide) groups is 1. The lowest BCUT2D eigenvalue weighted by Gasteiger charge is -2.26. The van der Waals surface area contributed by atoms with Gasteiger partial charge in [0, 0.05) is 5.25 Å². The van der Waals surface area contributed by atoms with Gasteiger partial charge in [-0.05, 0) is 30.7 Å². The van der Waals surface area contributed by atoms with Gasteiger partial charge < -0.3 is 4.90 Å². The van der Waals surface area contributed by atoms with Crippen molar-refractivity contribution in [2.45, 2.75) is 30.8 Å². The fraction of sp³-hybridized carbons (Fsp3) is 0.333. The van der Waals surface area contributed by atoms with Gasteiger partial charge in [0.1, 0.15) is 0 Å². The number of benzene rings is 2. The molecule has 2 aromatic rings. The quantitative estimate of drug-likeness (QED) is 0.617. The van der Waals surface area contributed by atoms with Gasteiger partial charge >= 0.3 is 6.18 Å². The van der Waals surface area contributed by atoms with Crippen LogP contribution in [0.25, 0.3) is 0 Å². The first-order chi connectivity index (χ1) is 14.9. The molecule has 0 N–H and O–H groups in total. The normalized spacial score (nSPS) is 23.5. The fourth-order valence-electron chi connectivity index (χ4n) is 3.86. The second-order valence-corrected chi connectivity index (χ2v) is 11.6. The van der Waals surface area contributed by atoms with Gasteiger partial charge in [0.25, 0.3) is 5.91 Å². The molecule has 32 heavy (non-hydrogen) atoms. The molecule has 1 amide bonds. The van der Waals surface area contributed by atoms with Crippen LogP contribution >= 0.6 is 23.4 Å². The van der Waals surface area contributed by atoms with Crippen molar-refractivity contribution in [2.24, 2.45) is 4.99 Å². The van der Waals surface area contributed by atoms with Crippen molar-refractivity contribution in [1.29, 1.82) is 0 Å². The topological polar surface area (TPSA) is 66.8 Å². The van der Waals surface area contributed by atoms with E-state index >= 15 is 0 Å². The third kappa shape index (κ3) is 4.82. The van der Waals surface area contributed by atoms with E-state index in [9.17, 15) is 26.4 Å². The highest BCUT2D eigenvalue weighted by Crippen LogP contribution is 2.44. The molecule has 0 spiro atoms. The Labute approximate surface area is 192 Å². The third-order valence-corrected chi connectivity index (χ3v) is 8.79. The maximum atomic E-state index is 13.3. The zero-order valence-electron chi connectivity index (χ0n) is 16.8. The van der Waals surface area contributed by atoms with Crippen LogP contribution < -0.4 is 4.90 Å². The largest absolute Gasteiger partial charge is 0.416 e. The number of alkyl halides is 3. The SMILES string of the molecule is Cc1cccc(CC(=O)N=C2S[C@H]3CS(=O)(=O)C[C@@H]3N2c2cc(C(F)(F)F)ccc2Cl)c1. The lowest BCUT2D eigenvalue weighted by atomic mass is 10.1. The van der Waals surface area contributed by atoms with Crippen molar-refractivity contribution in [3.8, 4) is 0 Å². The van der Waals surface area contributed by atoms with Crippen molar-refractivity contribution < 1.29 is 26.4 Å². The van der Waals surface area contributed by atoms with Gasteiger partial charge in [-0.15, -0.1) is 0 Å². The van der Waals surface area contributed by atoms with E-state index in [0.29, 0.717) is 0 Å². The number of carbonyl (C=O) groups is 1. The number of sulfone groups is 1. The number of amides is 1. The summed E-state index contributed by atoms with van der Waals surface area (Å²) in [5.74, 6) is -0.864. The number of rotatable bonds is 3. The van der Waals surface area contributed by atoms with Gasteiger partial charge in [-0.25, -0.2) is 8.42 Å². The number of nitrogens with zero attached hydrogens (tertiary/aromatic N) is 2. The summed E-state index contributed by atoms with van der Waals surface area (Å²) in [7, 11) is -3.37. The molecule has 0 aliphatic carbocycles. The highest BCUT2D eigenvalue weighted by molar-refractivity contribution is 8.16. The van der Waals surface area contributed by atoms with Crippen molar-refractivity contribution in [3.63, 3.8) is 0 Å². The third-order valence-electron chi connectivity index (χ3n) is 5.26. The average molecular weight is 503 g/mol. The summed E-state index contributed by atoms with van der Waals surface area (Å²) in [5, 5.41) is -0.271. The zero-order valence-corrected chi connectivity index (χ0v) is 19.2. The summed E-state index contributed by atoms with van der Waals surface area (Å²) in [6, 6.07) is 9.54. The Bertz CT molecular complexity index is 1220. The predicted molar refractivity (Wildman–Crippen MR) is 120 cm³/mol. The van der Waals surface area contributed by atoms with E-state index in [-0.39, 0.29) is 33.8 Å². The Morgan fingerprint density at radius 2 is 1.97 bits per heavy atom. The van der Waals surface area contributed by atoms with E-state index in [4.69, 9.17) is 11.6 Å². The van der Waals surface area contributed by atoms with E-state index in [0.717, 1.165) is 41.1 Å². The molecule has 2 saturated heterocycles. The maximum Gasteiger partial charge on any atom is 0.416 e. The molecule has 0 bridgehead atoms. The molecule has 4 rings (SSSR count). The number of amidine groups is 1. The summed E-state index contributed by atoms with van der Waals surface area (Å²) < 4.78 is 64.3. The maximum absolute atomic E-state index is 13.3. The number of hydrogen-bond donors (Lipinski definition) is 0. The number of halogens is 4. The van der Waals surface area contributed by atoms with E-state index in [1.165, 1.54) is 4.90 Å². The molecule has 2 atom stereocenters. The number of fused-ring (bicyclic) bond motifs is 1. The van der Waals surface area contributed by atoms with Crippen molar-refractivity contribution in [3.05, 3.63) is 64.2 Å². The van der Waals surface area contributed by atoms with E-state index in [2.05, 4.69) is 4.99 Å². The first-order valence-electron chi connectivity index (χ1n) is 9.63. The molecule has 2 fully saturated rings. The van der Waals surface area contributed by atoms with Crippen LogP contribution in [0.3, 0.4) is 0 Å². The molecule has 0 radical (unpaired) electrons. The summed E-state index contributed by atoms with van der Waals surface area (Å²) in [6.07, 6.45) is -4.59. The Hall–Kier alpha value is -2.04. The zero-order chi connectivity index (χ0) is 23.3. The smallest absolute Gasteiger partial charge is 0.314 e. The van der Waals surface area contributed by atoms with Gasteiger partial charge in [-0.2, -0.15) is 18.2 Å². The number of hydrogen-bond acceptors (Lipinski definition) is 4. The summed E-state index contributed by atoms with van der Waals surface area (Å²) >= 11 is 7.32. The van der Waals surface area contributed by atoms with Crippen molar-refractivity contribution in [2.75, 3.05) is 16.4 Å². The van der Waals surface area contributed by atoms with Crippen LogP contribution in [0.5, 0.6) is 0 Å². The predicted octanol–water partition coefficient (Wildman–Crippen LogP) is 4.51. The van der Waals surface area contributed by atoms with Crippen molar-refractivity contribution >= 4 is 50.0 Å². The number of aliphatic imine (C=N–C) groups is 1. The summed E-state index contributed by atoms with van der Waals surface area (Å²) in [5.41, 5.74) is 0.807. The van der Waals surface area contributed by atoms with Gasteiger partial charge in [0.15, 0.2) is 15.0 Å². The van der Waals surface area contributed by atoms with Crippen LogP contribution in [-0.4, -0.2) is 42.3 Å². The highest BCUT2D eigenvalue weighted by atomic mass is 35.5. The van der Waals surface area contributed by atoms with Gasteiger partial charge in [0.2, 0.25) is 0 Å². The molecule has 5 nitrogen and oxygen atoms in total. The molecule has 0 aromatic heterocycles. The van der Waals surface area contributed by atoms with E-state index in [1.54, 1.807) is 6.07 Å². The number of carbonyl (C=O) groups excluding carboxylic acids is 1. The minimum absolute atomic E-state index is 0.0132. The minimum atomic E-state index is -4.61. The molecule has 2 heterocycles. The molecular weight excluding hydrogens is 485 g/mol. The number of aryl methyl sites for hydroxylation is 1. The molecule has 11 heteroatoms. The van der Waals surface area contributed by atoms with Crippen LogP contribution in [0.4, 0.5) is 18.9 Å². The second kappa shape index (κ2) is 8.39. The first kappa shape index (κ1) is 23.1.